The Bertz CT molecular complexity index is 890. The second kappa shape index (κ2) is 7.25. The third kappa shape index (κ3) is 3.60. The Hall–Kier alpha value is -2.74. The van der Waals surface area contributed by atoms with Crippen molar-refractivity contribution in [2.45, 2.75) is 18.4 Å². The average molecular weight is 374 g/mol. The van der Waals surface area contributed by atoms with Crippen LogP contribution < -0.4 is 5.32 Å². The molecule has 136 valence electrons. The monoisotopic (exact) mass is 374 g/mol. The maximum absolute atomic E-state index is 12.7. The van der Waals surface area contributed by atoms with Crippen molar-refractivity contribution in [2.24, 2.45) is 0 Å². The molecule has 1 aromatic heterocycles. The van der Waals surface area contributed by atoms with E-state index in [1.165, 1.54) is 23.8 Å². The van der Waals surface area contributed by atoms with Crippen LogP contribution in [0.15, 0.2) is 33.6 Å². The molecule has 1 aromatic carbocycles. The fourth-order valence-corrected chi connectivity index (χ4v) is 3.46. The zero-order valence-corrected chi connectivity index (χ0v) is 15.4. The molecule has 26 heavy (non-hydrogen) atoms. The number of nitrogens with one attached hydrogen (secondary N) is 1. The number of nitrogens with zero attached hydrogens (tertiary/aromatic N) is 1. The molecule has 0 atom stereocenters. The van der Waals surface area contributed by atoms with Crippen molar-refractivity contribution in [2.75, 3.05) is 25.2 Å². The van der Waals surface area contributed by atoms with Crippen LogP contribution in [0, 0.1) is 6.92 Å². The summed E-state index contributed by atoms with van der Waals surface area (Å²) in [5.74, 6) is 0.532. The van der Waals surface area contributed by atoms with Gasteiger partial charge in [-0.25, -0.2) is 4.79 Å². The summed E-state index contributed by atoms with van der Waals surface area (Å²) in [4.78, 5) is 38.3. The number of fused-ring (bicyclic) bond motifs is 1. The standard InChI is InChI=1S/C18H18N2O5S/c1-10-13(18(23)24-3)7-12(25-10)8-20(2)17(22)11-4-5-15-14(6-11)19-16(21)9-26-15/h4-7H,8-9H2,1-3H3,(H,19,21). The Kier molecular flexibility index (Phi) is 5.03. The van der Waals surface area contributed by atoms with Crippen molar-refractivity contribution in [3.8, 4) is 0 Å². The number of furan rings is 1. The number of hydrogen-bond acceptors (Lipinski definition) is 6. The number of thioether (sulfide) groups is 1. The molecule has 0 radical (unpaired) electrons. The van der Waals surface area contributed by atoms with Crippen LogP contribution in [0.2, 0.25) is 0 Å². The summed E-state index contributed by atoms with van der Waals surface area (Å²) in [5, 5.41) is 2.77. The Morgan fingerprint density at radius 3 is 2.85 bits per heavy atom. The second-order valence-electron chi connectivity index (χ2n) is 5.88. The fraction of sp³-hybridized carbons (Fsp3) is 0.278. The average Bonchev–Trinajstić information content (AvgIpc) is 2.99. The SMILES string of the molecule is COC(=O)c1cc(CN(C)C(=O)c2ccc3c(c2)NC(=O)CS3)oc1C. The first-order valence-electron chi connectivity index (χ1n) is 7.89. The van der Waals surface area contributed by atoms with E-state index in [1.54, 1.807) is 32.2 Å². The number of carbonyl (C=O) groups excluding carboxylic acids is 3. The van der Waals surface area contributed by atoms with Gasteiger partial charge in [0.1, 0.15) is 17.1 Å². The number of carbonyl (C=O) groups is 3. The number of hydrogen-bond donors (Lipinski definition) is 1. The number of benzene rings is 1. The first-order chi connectivity index (χ1) is 12.4. The van der Waals surface area contributed by atoms with Crippen molar-refractivity contribution in [3.63, 3.8) is 0 Å². The highest BCUT2D eigenvalue weighted by atomic mass is 32.2. The molecule has 0 spiro atoms. The number of rotatable bonds is 4. The number of methoxy groups -OCH3 is 1. The molecule has 2 amide bonds. The molecule has 1 aliphatic rings. The first kappa shape index (κ1) is 18.1. The van der Waals surface area contributed by atoms with Crippen LogP contribution in [-0.2, 0) is 16.1 Å². The quantitative estimate of drug-likeness (QED) is 0.828. The lowest BCUT2D eigenvalue weighted by atomic mass is 10.1. The lowest BCUT2D eigenvalue weighted by Gasteiger charge is -2.19. The van der Waals surface area contributed by atoms with E-state index >= 15 is 0 Å². The van der Waals surface area contributed by atoms with E-state index in [1.807, 2.05) is 6.07 Å². The lowest BCUT2D eigenvalue weighted by Crippen LogP contribution is -2.26. The number of esters is 1. The molecular weight excluding hydrogens is 356 g/mol. The molecule has 8 heteroatoms. The molecule has 7 nitrogen and oxygen atoms in total. The van der Waals surface area contributed by atoms with Crippen LogP contribution in [0.4, 0.5) is 5.69 Å². The number of aryl methyl sites for hydroxylation is 1. The highest BCUT2D eigenvalue weighted by molar-refractivity contribution is 8.00. The summed E-state index contributed by atoms with van der Waals surface area (Å²) in [5.41, 5.74) is 1.45. The van der Waals surface area contributed by atoms with Gasteiger partial charge >= 0.3 is 5.97 Å². The number of anilines is 1. The van der Waals surface area contributed by atoms with Crippen LogP contribution in [0.1, 0.15) is 32.2 Å². The normalized spacial score (nSPS) is 13.0. The Morgan fingerprint density at radius 1 is 1.35 bits per heavy atom. The van der Waals surface area contributed by atoms with Gasteiger partial charge in [0, 0.05) is 17.5 Å². The first-order valence-corrected chi connectivity index (χ1v) is 8.87. The molecule has 0 saturated carbocycles. The van der Waals surface area contributed by atoms with Crippen molar-refractivity contribution >= 4 is 35.2 Å². The summed E-state index contributed by atoms with van der Waals surface area (Å²) in [6.07, 6.45) is 0. The topological polar surface area (TPSA) is 88.9 Å². The van der Waals surface area contributed by atoms with Gasteiger partial charge < -0.3 is 19.4 Å². The van der Waals surface area contributed by atoms with Crippen LogP contribution in [0.3, 0.4) is 0 Å². The third-order valence-corrected chi connectivity index (χ3v) is 5.05. The van der Waals surface area contributed by atoms with Crippen LogP contribution in [-0.4, -0.2) is 42.6 Å². The smallest absolute Gasteiger partial charge is 0.341 e. The number of amides is 2. The molecule has 1 N–H and O–H groups in total. The van der Waals surface area contributed by atoms with Gasteiger partial charge in [-0.3, -0.25) is 9.59 Å². The molecule has 1 aliphatic heterocycles. The van der Waals surface area contributed by atoms with Crippen molar-refractivity contribution < 1.29 is 23.5 Å². The minimum atomic E-state index is -0.477. The van der Waals surface area contributed by atoms with E-state index in [0.29, 0.717) is 34.1 Å². The molecule has 0 unspecified atom stereocenters. The number of ether oxygens (including phenoxy) is 1. The van der Waals surface area contributed by atoms with Crippen LogP contribution in [0.25, 0.3) is 0 Å². The summed E-state index contributed by atoms with van der Waals surface area (Å²) in [6, 6.07) is 6.81. The third-order valence-electron chi connectivity index (χ3n) is 3.97. The predicted octanol–water partition coefficient (Wildman–Crippen LogP) is 2.69. The summed E-state index contributed by atoms with van der Waals surface area (Å²) >= 11 is 1.44. The van der Waals surface area contributed by atoms with Gasteiger partial charge in [0.25, 0.3) is 5.91 Å². The second-order valence-corrected chi connectivity index (χ2v) is 6.90. The van der Waals surface area contributed by atoms with Crippen molar-refractivity contribution in [1.29, 1.82) is 0 Å². The largest absolute Gasteiger partial charge is 0.465 e. The van der Waals surface area contributed by atoms with E-state index in [2.05, 4.69) is 5.32 Å². The summed E-state index contributed by atoms with van der Waals surface area (Å²) < 4.78 is 10.2. The van der Waals surface area contributed by atoms with Gasteiger partial charge in [-0.2, -0.15) is 0 Å². The summed E-state index contributed by atoms with van der Waals surface area (Å²) in [7, 11) is 2.95. The van der Waals surface area contributed by atoms with Gasteiger partial charge in [-0.05, 0) is 31.2 Å². The Labute approximate surface area is 154 Å². The maximum Gasteiger partial charge on any atom is 0.341 e. The highest BCUT2D eigenvalue weighted by Crippen LogP contribution is 2.32. The zero-order valence-electron chi connectivity index (χ0n) is 14.6. The van der Waals surface area contributed by atoms with E-state index in [9.17, 15) is 14.4 Å². The van der Waals surface area contributed by atoms with Crippen molar-refractivity contribution in [1.82, 2.24) is 4.90 Å². The zero-order chi connectivity index (χ0) is 18.8. The molecule has 0 bridgehead atoms. The van der Waals surface area contributed by atoms with E-state index in [0.717, 1.165) is 4.90 Å². The maximum atomic E-state index is 12.7. The molecule has 3 rings (SSSR count). The van der Waals surface area contributed by atoms with Gasteiger partial charge in [0.05, 0.1) is 25.1 Å². The van der Waals surface area contributed by atoms with E-state index < -0.39 is 5.97 Å². The Morgan fingerprint density at radius 2 is 2.12 bits per heavy atom. The van der Waals surface area contributed by atoms with Gasteiger partial charge in [0.15, 0.2) is 0 Å². The van der Waals surface area contributed by atoms with Gasteiger partial charge in [0.2, 0.25) is 5.91 Å². The predicted molar refractivity (Wildman–Crippen MR) is 96.4 cm³/mol. The van der Waals surface area contributed by atoms with E-state index in [-0.39, 0.29) is 18.4 Å². The fourth-order valence-electron chi connectivity index (χ4n) is 2.68. The van der Waals surface area contributed by atoms with Gasteiger partial charge in [-0.1, -0.05) is 0 Å². The van der Waals surface area contributed by atoms with Gasteiger partial charge in [-0.15, -0.1) is 11.8 Å². The van der Waals surface area contributed by atoms with Crippen molar-refractivity contribution in [3.05, 3.63) is 46.9 Å². The molecule has 0 saturated heterocycles. The minimum absolute atomic E-state index is 0.0816. The molecule has 2 heterocycles. The highest BCUT2D eigenvalue weighted by Gasteiger charge is 2.21. The molecule has 2 aromatic rings. The Balaban J connectivity index is 1.75. The molecule has 0 fully saturated rings. The van der Waals surface area contributed by atoms with Crippen LogP contribution in [0.5, 0.6) is 0 Å². The minimum Gasteiger partial charge on any atom is -0.465 e. The molecule has 0 aliphatic carbocycles. The van der Waals surface area contributed by atoms with Crippen LogP contribution >= 0.6 is 11.8 Å². The lowest BCUT2D eigenvalue weighted by molar-refractivity contribution is -0.113. The van der Waals surface area contributed by atoms with E-state index in [4.69, 9.17) is 9.15 Å². The molecular formula is C18H18N2O5S. The summed E-state index contributed by atoms with van der Waals surface area (Å²) in [6.45, 7) is 1.87.